The van der Waals surface area contributed by atoms with Crippen molar-refractivity contribution in [2.45, 2.75) is 44.6 Å². The number of hydrogen-bond acceptors (Lipinski definition) is 2. The summed E-state index contributed by atoms with van der Waals surface area (Å²) in [6, 6.07) is 9.13. The molecule has 3 rings (SSSR count). The molecule has 0 aromatic heterocycles. The molecule has 2 aliphatic rings. The summed E-state index contributed by atoms with van der Waals surface area (Å²) in [4.78, 5) is 12.3. The molecule has 1 aromatic rings. The molecule has 1 aliphatic carbocycles. The Morgan fingerprint density at radius 1 is 1.25 bits per heavy atom. The summed E-state index contributed by atoms with van der Waals surface area (Å²) in [5.41, 5.74) is 2.78. The minimum Gasteiger partial charge on any atom is -0.356 e. The van der Waals surface area contributed by atoms with E-state index in [-0.39, 0.29) is 11.8 Å². The van der Waals surface area contributed by atoms with Gasteiger partial charge in [-0.1, -0.05) is 24.3 Å². The third-order valence-electron chi connectivity index (χ3n) is 4.67. The molecule has 1 heterocycles. The molecule has 20 heavy (non-hydrogen) atoms. The number of amides is 1. The third-order valence-corrected chi connectivity index (χ3v) is 4.67. The van der Waals surface area contributed by atoms with Crippen molar-refractivity contribution in [3.8, 4) is 0 Å². The highest BCUT2D eigenvalue weighted by Gasteiger charge is 2.24. The Morgan fingerprint density at radius 2 is 2.10 bits per heavy atom. The normalized spacial score (nSPS) is 25.2. The van der Waals surface area contributed by atoms with Crippen molar-refractivity contribution in [3.05, 3.63) is 35.4 Å². The van der Waals surface area contributed by atoms with Gasteiger partial charge in [0.2, 0.25) is 5.91 Å². The Labute approximate surface area is 121 Å². The van der Waals surface area contributed by atoms with Gasteiger partial charge in [-0.3, -0.25) is 4.79 Å². The summed E-state index contributed by atoms with van der Waals surface area (Å²) in [5, 5.41) is 6.60. The Hall–Kier alpha value is -1.35. The monoisotopic (exact) mass is 272 g/mol. The maximum absolute atomic E-state index is 12.3. The number of rotatable bonds is 4. The van der Waals surface area contributed by atoms with Gasteiger partial charge in [0.25, 0.3) is 0 Å². The molecule has 0 spiro atoms. The molecule has 108 valence electrons. The van der Waals surface area contributed by atoms with Crippen molar-refractivity contribution < 1.29 is 4.79 Å². The number of hydrogen-bond donors (Lipinski definition) is 2. The summed E-state index contributed by atoms with van der Waals surface area (Å²) in [6.45, 7) is 1.95. The van der Waals surface area contributed by atoms with Gasteiger partial charge in [0.1, 0.15) is 0 Å². The number of fused-ring (bicyclic) bond motifs is 1. The van der Waals surface area contributed by atoms with E-state index in [2.05, 4.69) is 34.9 Å². The van der Waals surface area contributed by atoms with Crippen molar-refractivity contribution in [3.63, 3.8) is 0 Å². The SMILES string of the molecule is O=C(NCCC1CCCN1)C1CCc2ccccc2C1. The van der Waals surface area contributed by atoms with Crippen molar-refractivity contribution in [2.75, 3.05) is 13.1 Å². The number of aryl methyl sites for hydroxylation is 1. The Kier molecular flexibility index (Phi) is 4.36. The zero-order valence-corrected chi connectivity index (χ0v) is 12.0. The summed E-state index contributed by atoms with van der Waals surface area (Å²) in [5.74, 6) is 0.416. The Morgan fingerprint density at radius 3 is 2.90 bits per heavy atom. The van der Waals surface area contributed by atoms with Crippen LogP contribution in [0.2, 0.25) is 0 Å². The van der Waals surface area contributed by atoms with Crippen molar-refractivity contribution in [1.29, 1.82) is 0 Å². The second-order valence-corrected chi connectivity index (χ2v) is 6.08. The maximum Gasteiger partial charge on any atom is 0.223 e. The van der Waals surface area contributed by atoms with Crippen LogP contribution in [-0.4, -0.2) is 25.0 Å². The quantitative estimate of drug-likeness (QED) is 0.881. The predicted molar refractivity (Wildman–Crippen MR) is 80.6 cm³/mol. The fourth-order valence-corrected chi connectivity index (χ4v) is 3.44. The van der Waals surface area contributed by atoms with E-state index in [4.69, 9.17) is 0 Å². The molecule has 2 atom stereocenters. The summed E-state index contributed by atoms with van der Waals surface area (Å²) < 4.78 is 0. The molecule has 3 nitrogen and oxygen atoms in total. The van der Waals surface area contributed by atoms with E-state index in [9.17, 15) is 4.79 Å². The fourth-order valence-electron chi connectivity index (χ4n) is 3.44. The van der Waals surface area contributed by atoms with Gasteiger partial charge < -0.3 is 10.6 Å². The first-order valence-electron chi connectivity index (χ1n) is 7.91. The minimum absolute atomic E-state index is 0.168. The van der Waals surface area contributed by atoms with Crippen LogP contribution in [0.15, 0.2) is 24.3 Å². The van der Waals surface area contributed by atoms with E-state index in [1.165, 1.54) is 24.0 Å². The zero-order chi connectivity index (χ0) is 13.8. The lowest BCUT2D eigenvalue weighted by Crippen LogP contribution is -2.36. The molecule has 2 unspecified atom stereocenters. The van der Waals surface area contributed by atoms with E-state index in [0.717, 1.165) is 38.8 Å². The largest absolute Gasteiger partial charge is 0.356 e. The van der Waals surface area contributed by atoms with Crippen molar-refractivity contribution in [1.82, 2.24) is 10.6 Å². The van der Waals surface area contributed by atoms with Crippen LogP contribution >= 0.6 is 0 Å². The average molecular weight is 272 g/mol. The standard InChI is InChI=1S/C17H24N2O/c20-17(19-11-9-16-6-3-10-18-16)15-8-7-13-4-1-2-5-14(13)12-15/h1-2,4-5,15-16,18H,3,6-12H2,(H,19,20). The molecule has 0 radical (unpaired) electrons. The Bertz CT molecular complexity index is 466. The van der Waals surface area contributed by atoms with Gasteiger partial charge in [-0.15, -0.1) is 0 Å². The first-order valence-corrected chi connectivity index (χ1v) is 7.91. The molecular formula is C17H24N2O. The van der Waals surface area contributed by atoms with Gasteiger partial charge in [-0.2, -0.15) is 0 Å². The summed E-state index contributed by atoms with van der Waals surface area (Å²) in [7, 11) is 0. The molecule has 1 fully saturated rings. The molecule has 1 saturated heterocycles. The van der Waals surface area contributed by atoms with Crippen LogP contribution in [0, 0.1) is 5.92 Å². The lowest BCUT2D eigenvalue weighted by Gasteiger charge is -2.24. The van der Waals surface area contributed by atoms with Gasteiger partial charge in [-0.25, -0.2) is 0 Å². The second-order valence-electron chi connectivity index (χ2n) is 6.08. The highest BCUT2D eigenvalue weighted by Crippen LogP contribution is 2.25. The van der Waals surface area contributed by atoms with Gasteiger partial charge in [0, 0.05) is 18.5 Å². The van der Waals surface area contributed by atoms with E-state index in [0.29, 0.717) is 6.04 Å². The highest BCUT2D eigenvalue weighted by atomic mass is 16.1. The highest BCUT2D eigenvalue weighted by molar-refractivity contribution is 5.79. The first-order chi connectivity index (χ1) is 9.83. The summed E-state index contributed by atoms with van der Waals surface area (Å²) >= 11 is 0. The fraction of sp³-hybridized carbons (Fsp3) is 0.588. The molecule has 0 saturated carbocycles. The van der Waals surface area contributed by atoms with E-state index < -0.39 is 0 Å². The molecule has 1 aliphatic heterocycles. The molecule has 3 heteroatoms. The molecule has 1 aromatic carbocycles. The van der Waals surface area contributed by atoms with Crippen molar-refractivity contribution >= 4 is 5.91 Å². The third kappa shape index (κ3) is 3.21. The molecule has 1 amide bonds. The number of carbonyl (C=O) groups is 1. The number of carbonyl (C=O) groups excluding carboxylic acids is 1. The van der Waals surface area contributed by atoms with Crippen LogP contribution < -0.4 is 10.6 Å². The van der Waals surface area contributed by atoms with Crippen LogP contribution in [0.3, 0.4) is 0 Å². The minimum atomic E-state index is 0.168. The van der Waals surface area contributed by atoms with Gasteiger partial charge in [0.15, 0.2) is 0 Å². The molecule has 2 N–H and O–H groups in total. The van der Waals surface area contributed by atoms with Crippen LogP contribution in [0.4, 0.5) is 0 Å². The van der Waals surface area contributed by atoms with Gasteiger partial charge >= 0.3 is 0 Å². The second kappa shape index (κ2) is 6.40. The van der Waals surface area contributed by atoms with Crippen LogP contribution in [0.25, 0.3) is 0 Å². The maximum atomic E-state index is 12.3. The van der Waals surface area contributed by atoms with Gasteiger partial charge in [-0.05, 0) is 56.2 Å². The first kappa shape index (κ1) is 13.6. The van der Waals surface area contributed by atoms with Crippen LogP contribution in [0.1, 0.15) is 36.8 Å². The molecular weight excluding hydrogens is 248 g/mol. The lowest BCUT2D eigenvalue weighted by molar-refractivity contribution is -0.125. The topological polar surface area (TPSA) is 41.1 Å². The number of benzene rings is 1. The number of nitrogens with one attached hydrogen (secondary N) is 2. The van der Waals surface area contributed by atoms with E-state index in [1.54, 1.807) is 0 Å². The van der Waals surface area contributed by atoms with Crippen molar-refractivity contribution in [2.24, 2.45) is 5.92 Å². The van der Waals surface area contributed by atoms with E-state index >= 15 is 0 Å². The predicted octanol–water partition coefficient (Wildman–Crippen LogP) is 2.05. The van der Waals surface area contributed by atoms with Crippen LogP contribution in [-0.2, 0) is 17.6 Å². The van der Waals surface area contributed by atoms with Crippen LogP contribution in [0.5, 0.6) is 0 Å². The lowest BCUT2D eigenvalue weighted by atomic mass is 9.83. The average Bonchev–Trinajstić information content (AvgIpc) is 3.00. The van der Waals surface area contributed by atoms with Gasteiger partial charge in [0.05, 0.1) is 0 Å². The Balaban J connectivity index is 1.46. The smallest absolute Gasteiger partial charge is 0.223 e. The summed E-state index contributed by atoms with van der Waals surface area (Å²) in [6.07, 6.45) is 6.53. The van der Waals surface area contributed by atoms with E-state index in [1.807, 2.05) is 0 Å². The molecule has 0 bridgehead atoms. The zero-order valence-electron chi connectivity index (χ0n) is 12.0.